The normalized spacial score (nSPS) is 25.4. The minimum atomic E-state index is -4.90. The Morgan fingerprint density at radius 1 is 1.41 bits per heavy atom. The van der Waals surface area contributed by atoms with Gasteiger partial charge in [0.15, 0.2) is 0 Å². The van der Waals surface area contributed by atoms with Crippen LogP contribution in [0.25, 0.3) is 0 Å². The summed E-state index contributed by atoms with van der Waals surface area (Å²) in [5, 5.41) is 13.4. The molecule has 2 atom stereocenters. The van der Waals surface area contributed by atoms with E-state index in [4.69, 9.17) is 5.11 Å². The molecule has 1 fully saturated rings. The summed E-state index contributed by atoms with van der Waals surface area (Å²) >= 11 is 0. The van der Waals surface area contributed by atoms with E-state index in [9.17, 15) is 22.8 Å². The van der Waals surface area contributed by atoms with Crippen molar-refractivity contribution in [2.75, 3.05) is 13.1 Å². The summed E-state index contributed by atoms with van der Waals surface area (Å²) < 4.78 is 35.6. The molecule has 5 nitrogen and oxygen atoms in total. The van der Waals surface area contributed by atoms with Gasteiger partial charge in [-0.15, -0.1) is 0 Å². The zero-order valence-corrected chi connectivity index (χ0v) is 8.88. The van der Waals surface area contributed by atoms with Gasteiger partial charge in [-0.1, -0.05) is 0 Å². The number of carbonyl (C=O) groups is 2. The molecule has 3 N–H and O–H groups in total. The predicted octanol–water partition coefficient (Wildman–Crippen LogP) is 0.118. The van der Waals surface area contributed by atoms with Gasteiger partial charge in [-0.3, -0.25) is 9.59 Å². The van der Waals surface area contributed by atoms with Crippen LogP contribution in [0.4, 0.5) is 13.2 Å². The van der Waals surface area contributed by atoms with Crippen molar-refractivity contribution >= 4 is 11.9 Å². The Bertz CT molecular complexity index is 306. The highest BCUT2D eigenvalue weighted by Gasteiger charge is 2.39. The van der Waals surface area contributed by atoms with Crippen molar-refractivity contribution in [1.29, 1.82) is 0 Å². The van der Waals surface area contributed by atoms with Gasteiger partial charge in [-0.2, -0.15) is 13.2 Å². The number of halogens is 3. The number of hydrogen-bond donors (Lipinski definition) is 3. The molecule has 1 aliphatic rings. The number of piperidine rings is 1. The highest BCUT2D eigenvalue weighted by Crippen LogP contribution is 2.17. The summed E-state index contributed by atoms with van der Waals surface area (Å²) in [4.78, 5) is 21.2. The first-order chi connectivity index (χ1) is 7.80. The van der Waals surface area contributed by atoms with E-state index in [0.717, 1.165) is 0 Å². The Balaban J connectivity index is 2.37. The second-order valence-corrected chi connectivity index (χ2v) is 3.92. The van der Waals surface area contributed by atoms with Crippen molar-refractivity contribution in [3.63, 3.8) is 0 Å². The van der Waals surface area contributed by atoms with Crippen LogP contribution in [0.3, 0.4) is 0 Å². The Kier molecular flexibility index (Phi) is 4.33. The number of rotatable bonds is 3. The average Bonchev–Trinajstić information content (AvgIpc) is 2.25. The van der Waals surface area contributed by atoms with Gasteiger partial charge in [-0.05, 0) is 19.4 Å². The Morgan fingerprint density at radius 2 is 2.06 bits per heavy atom. The first-order valence-electron chi connectivity index (χ1n) is 5.12. The number of alkyl halides is 3. The van der Waals surface area contributed by atoms with Gasteiger partial charge in [0.1, 0.15) is 0 Å². The number of aliphatic carboxylic acids is 1. The molecule has 0 bridgehead atoms. The third kappa shape index (κ3) is 4.22. The lowest BCUT2D eigenvalue weighted by atomic mass is 9.92. The molecule has 1 amide bonds. The van der Waals surface area contributed by atoms with Gasteiger partial charge >= 0.3 is 18.1 Å². The maximum Gasteiger partial charge on any atom is 0.471 e. The van der Waals surface area contributed by atoms with E-state index in [1.165, 1.54) is 0 Å². The van der Waals surface area contributed by atoms with Crippen molar-refractivity contribution in [2.24, 2.45) is 5.92 Å². The zero-order valence-electron chi connectivity index (χ0n) is 8.88. The maximum atomic E-state index is 11.9. The summed E-state index contributed by atoms with van der Waals surface area (Å²) in [7, 11) is 0. The molecule has 0 radical (unpaired) electrons. The van der Waals surface area contributed by atoms with Crippen LogP contribution >= 0.6 is 0 Å². The molecule has 1 rings (SSSR count). The fraction of sp³-hybridized carbons (Fsp3) is 0.778. The molecule has 1 heterocycles. The molecule has 1 saturated heterocycles. The highest BCUT2D eigenvalue weighted by molar-refractivity contribution is 5.81. The number of hydrogen-bond acceptors (Lipinski definition) is 3. The van der Waals surface area contributed by atoms with Crippen LogP contribution in [0.5, 0.6) is 0 Å². The van der Waals surface area contributed by atoms with E-state index in [0.29, 0.717) is 13.0 Å². The standard InChI is InChI=1S/C9H13F3N2O3/c10-9(11,12)8(17)14-4-6-3-5(7(15)16)1-2-13-6/h5-6,13H,1-4H2,(H,14,17)(H,15,16). The van der Waals surface area contributed by atoms with Gasteiger partial charge in [0.05, 0.1) is 5.92 Å². The molecule has 0 aromatic heterocycles. The number of carboxylic acid groups (broad SMARTS) is 1. The number of nitrogens with one attached hydrogen (secondary N) is 2. The van der Waals surface area contributed by atoms with Crippen LogP contribution in [0.1, 0.15) is 12.8 Å². The first kappa shape index (κ1) is 13.8. The fourth-order valence-corrected chi connectivity index (χ4v) is 1.70. The first-order valence-corrected chi connectivity index (χ1v) is 5.12. The fourth-order valence-electron chi connectivity index (χ4n) is 1.70. The van der Waals surface area contributed by atoms with Crippen LogP contribution in [0.2, 0.25) is 0 Å². The minimum Gasteiger partial charge on any atom is -0.481 e. The highest BCUT2D eigenvalue weighted by atomic mass is 19.4. The van der Waals surface area contributed by atoms with Gasteiger partial charge in [0.2, 0.25) is 0 Å². The maximum absolute atomic E-state index is 11.9. The van der Waals surface area contributed by atoms with E-state index in [2.05, 4.69) is 5.32 Å². The smallest absolute Gasteiger partial charge is 0.471 e. The molecule has 0 aromatic carbocycles. The number of carbonyl (C=O) groups excluding carboxylic acids is 1. The van der Waals surface area contributed by atoms with Crippen molar-refractivity contribution in [2.45, 2.75) is 25.1 Å². The van der Waals surface area contributed by atoms with Gasteiger partial charge in [-0.25, -0.2) is 0 Å². The van der Waals surface area contributed by atoms with Gasteiger partial charge < -0.3 is 15.7 Å². The number of carboxylic acids is 1. The van der Waals surface area contributed by atoms with E-state index in [1.807, 2.05) is 0 Å². The Hall–Kier alpha value is -1.31. The Morgan fingerprint density at radius 3 is 2.59 bits per heavy atom. The van der Waals surface area contributed by atoms with E-state index >= 15 is 0 Å². The lowest BCUT2D eigenvalue weighted by molar-refractivity contribution is -0.173. The second kappa shape index (κ2) is 5.35. The molecular weight excluding hydrogens is 241 g/mol. The molecule has 0 saturated carbocycles. The molecule has 17 heavy (non-hydrogen) atoms. The lowest BCUT2D eigenvalue weighted by Crippen LogP contribution is -2.49. The van der Waals surface area contributed by atoms with Crippen LogP contribution in [-0.4, -0.2) is 42.3 Å². The number of amides is 1. The molecule has 2 unspecified atom stereocenters. The van der Waals surface area contributed by atoms with Crippen LogP contribution < -0.4 is 10.6 Å². The largest absolute Gasteiger partial charge is 0.481 e. The summed E-state index contributed by atoms with van der Waals surface area (Å²) in [6, 6.07) is -0.434. The quantitative estimate of drug-likeness (QED) is 0.668. The molecule has 0 aromatic rings. The summed E-state index contributed by atoms with van der Waals surface area (Å²) in [5.74, 6) is -3.53. The summed E-state index contributed by atoms with van der Waals surface area (Å²) in [6.45, 7) is 0.200. The van der Waals surface area contributed by atoms with Crippen molar-refractivity contribution in [1.82, 2.24) is 10.6 Å². The third-order valence-electron chi connectivity index (χ3n) is 2.61. The topological polar surface area (TPSA) is 78.4 Å². The second-order valence-electron chi connectivity index (χ2n) is 3.92. The van der Waals surface area contributed by atoms with E-state index in [-0.39, 0.29) is 13.0 Å². The lowest BCUT2D eigenvalue weighted by Gasteiger charge is -2.28. The Labute approximate surface area is 95.4 Å². The summed E-state index contributed by atoms with van der Waals surface area (Å²) in [6.07, 6.45) is -4.24. The van der Waals surface area contributed by atoms with Crippen LogP contribution in [-0.2, 0) is 9.59 Å². The summed E-state index contributed by atoms with van der Waals surface area (Å²) in [5.41, 5.74) is 0. The van der Waals surface area contributed by atoms with E-state index < -0.39 is 30.0 Å². The van der Waals surface area contributed by atoms with Crippen molar-refractivity contribution < 1.29 is 27.9 Å². The van der Waals surface area contributed by atoms with Crippen molar-refractivity contribution in [3.05, 3.63) is 0 Å². The van der Waals surface area contributed by atoms with Gasteiger partial charge in [0, 0.05) is 12.6 Å². The molecule has 1 aliphatic heterocycles. The molecule has 0 spiro atoms. The monoisotopic (exact) mass is 254 g/mol. The molecule has 0 aliphatic carbocycles. The van der Waals surface area contributed by atoms with Crippen molar-refractivity contribution in [3.8, 4) is 0 Å². The SMILES string of the molecule is O=C(O)C1CCNC(CNC(=O)C(F)(F)F)C1. The van der Waals surface area contributed by atoms with Crippen LogP contribution in [0.15, 0.2) is 0 Å². The molecule has 98 valence electrons. The minimum absolute atomic E-state index is 0.216. The molecule has 8 heteroatoms. The average molecular weight is 254 g/mol. The molecular formula is C9H13F3N2O3. The van der Waals surface area contributed by atoms with Gasteiger partial charge in [0.25, 0.3) is 0 Å². The van der Waals surface area contributed by atoms with Crippen LogP contribution in [0, 0.1) is 5.92 Å². The van der Waals surface area contributed by atoms with E-state index in [1.54, 1.807) is 5.32 Å². The predicted molar refractivity (Wildman–Crippen MR) is 51.2 cm³/mol. The zero-order chi connectivity index (χ0) is 13.1. The third-order valence-corrected chi connectivity index (χ3v) is 2.61.